The van der Waals surface area contributed by atoms with Crippen molar-refractivity contribution in [2.45, 2.75) is 0 Å². The van der Waals surface area contributed by atoms with E-state index in [4.69, 9.17) is 10.00 Å². The van der Waals surface area contributed by atoms with Crippen LogP contribution in [-0.4, -0.2) is 31.3 Å². The van der Waals surface area contributed by atoms with Crippen molar-refractivity contribution in [2.75, 3.05) is 13.2 Å². The van der Waals surface area contributed by atoms with Crippen molar-refractivity contribution >= 4 is 15.9 Å². The van der Waals surface area contributed by atoms with Crippen LogP contribution in [0.4, 0.5) is 0 Å². The third kappa shape index (κ3) is 4.63. The second kappa shape index (κ2) is 4.03. The molecule has 0 saturated carbocycles. The Bertz CT molecular complexity index is 116. The van der Waals surface area contributed by atoms with Gasteiger partial charge in [0, 0.05) is 0 Å². The van der Waals surface area contributed by atoms with Gasteiger partial charge in [-0.05, 0) is 0 Å². The van der Waals surface area contributed by atoms with Crippen LogP contribution in [0.2, 0.25) is 0 Å². The van der Waals surface area contributed by atoms with Gasteiger partial charge in [-0.25, -0.2) is 4.57 Å². The van der Waals surface area contributed by atoms with E-state index in [0.29, 0.717) is 0 Å². The highest BCUT2D eigenvalue weighted by Gasteiger charge is 2.15. The molecule has 0 spiro atoms. The Labute approximate surface area is 53.7 Å². The predicted octanol–water partition coefficient (Wildman–Crippen LogP) is -0.804. The molecule has 7 heteroatoms. The van der Waals surface area contributed by atoms with E-state index in [2.05, 4.69) is 17.0 Å². The quantitative estimate of drug-likeness (QED) is 0.407. The zero-order chi connectivity index (χ0) is 7.33. The second-order valence-corrected chi connectivity index (χ2v) is 2.54. The maximum atomic E-state index is 10.2. The SMILES string of the molecule is [B]OP(=O)(O)OCCO. The summed E-state index contributed by atoms with van der Waals surface area (Å²) in [7, 11) is 0.255. The van der Waals surface area contributed by atoms with Crippen LogP contribution < -0.4 is 0 Å². The molecule has 0 bridgehead atoms. The maximum Gasteiger partial charge on any atom is 0.456 e. The first kappa shape index (κ1) is 9.13. The van der Waals surface area contributed by atoms with E-state index >= 15 is 0 Å². The fourth-order valence-corrected chi connectivity index (χ4v) is 0.560. The zero-order valence-corrected chi connectivity index (χ0v) is 5.45. The van der Waals surface area contributed by atoms with E-state index in [0.717, 1.165) is 0 Å². The summed E-state index contributed by atoms with van der Waals surface area (Å²) < 4.78 is 17.8. The van der Waals surface area contributed by atoms with Gasteiger partial charge >= 0.3 is 7.82 Å². The molecule has 0 saturated heterocycles. The zero-order valence-electron chi connectivity index (χ0n) is 4.56. The molecule has 0 rings (SSSR count). The Hall–Kier alpha value is 0.135. The second-order valence-electron chi connectivity index (χ2n) is 1.13. The summed E-state index contributed by atoms with van der Waals surface area (Å²) in [6.07, 6.45) is 0. The molecule has 0 aliphatic carbocycles. The smallest absolute Gasteiger partial charge is 0.394 e. The standard InChI is InChI=1S/C2H6BO5P/c3-8-9(5,6)7-2-1-4/h4H,1-2H2,(H,5,6). The molecular weight excluding hydrogens is 146 g/mol. The molecule has 0 fully saturated rings. The Morgan fingerprint density at radius 1 is 1.67 bits per heavy atom. The summed E-state index contributed by atoms with van der Waals surface area (Å²) >= 11 is 0. The largest absolute Gasteiger partial charge is 0.456 e. The van der Waals surface area contributed by atoms with Crippen LogP contribution in [0, 0.1) is 0 Å². The molecule has 9 heavy (non-hydrogen) atoms. The first-order valence-corrected chi connectivity index (χ1v) is 3.58. The van der Waals surface area contributed by atoms with Gasteiger partial charge in [-0.3, -0.25) is 4.52 Å². The molecule has 0 aliphatic heterocycles. The first-order valence-electron chi connectivity index (χ1n) is 2.09. The highest BCUT2D eigenvalue weighted by molar-refractivity contribution is 7.48. The van der Waals surface area contributed by atoms with E-state index in [1.54, 1.807) is 0 Å². The average molecular weight is 152 g/mol. The Morgan fingerprint density at radius 3 is 2.56 bits per heavy atom. The summed E-state index contributed by atoms with van der Waals surface area (Å²) in [6, 6.07) is 0. The lowest BCUT2D eigenvalue weighted by Crippen LogP contribution is -1.98. The molecule has 5 nitrogen and oxygen atoms in total. The number of phosphoric acid groups is 1. The summed E-state index contributed by atoms with van der Waals surface area (Å²) in [6.45, 7) is -0.626. The van der Waals surface area contributed by atoms with Crippen molar-refractivity contribution in [1.29, 1.82) is 0 Å². The number of aliphatic hydroxyl groups is 1. The number of rotatable bonds is 4. The molecule has 0 aliphatic rings. The molecule has 0 amide bonds. The van der Waals surface area contributed by atoms with Gasteiger partial charge in [-0.1, -0.05) is 0 Å². The monoisotopic (exact) mass is 152 g/mol. The summed E-state index contributed by atoms with van der Waals surface area (Å²) in [5.74, 6) is 0. The van der Waals surface area contributed by atoms with Crippen LogP contribution in [-0.2, 0) is 13.5 Å². The number of phosphoric ester groups is 1. The molecule has 52 valence electrons. The lowest BCUT2D eigenvalue weighted by molar-refractivity contribution is 0.158. The molecule has 0 aromatic carbocycles. The fraction of sp³-hybridized carbons (Fsp3) is 1.00. The molecule has 2 radical (unpaired) electrons. The average Bonchev–Trinajstić information content (AvgIpc) is 1.84. The number of aliphatic hydroxyl groups excluding tert-OH is 1. The topological polar surface area (TPSA) is 76.0 Å². The number of hydrogen-bond acceptors (Lipinski definition) is 4. The van der Waals surface area contributed by atoms with Crippen LogP contribution in [0.3, 0.4) is 0 Å². The molecular formula is C2H6BO5P. The van der Waals surface area contributed by atoms with E-state index < -0.39 is 7.82 Å². The third-order valence-corrected chi connectivity index (χ3v) is 1.25. The van der Waals surface area contributed by atoms with E-state index in [1.165, 1.54) is 0 Å². The van der Waals surface area contributed by atoms with Crippen molar-refractivity contribution < 1.29 is 23.5 Å². The van der Waals surface area contributed by atoms with Gasteiger partial charge in [0.25, 0.3) is 8.05 Å². The van der Waals surface area contributed by atoms with Gasteiger partial charge in [0.1, 0.15) is 0 Å². The minimum Gasteiger partial charge on any atom is -0.394 e. The van der Waals surface area contributed by atoms with Gasteiger partial charge in [-0.15, -0.1) is 0 Å². The van der Waals surface area contributed by atoms with Crippen LogP contribution in [0.25, 0.3) is 0 Å². The molecule has 2 N–H and O–H groups in total. The number of hydrogen-bond donors (Lipinski definition) is 2. The highest BCUT2D eigenvalue weighted by atomic mass is 31.2. The van der Waals surface area contributed by atoms with Crippen molar-refractivity contribution in [3.05, 3.63) is 0 Å². The lowest BCUT2D eigenvalue weighted by atomic mass is 10.6. The minimum atomic E-state index is -4.07. The van der Waals surface area contributed by atoms with Crippen LogP contribution in [0.15, 0.2) is 0 Å². The lowest BCUT2D eigenvalue weighted by Gasteiger charge is -2.06. The summed E-state index contributed by atoms with van der Waals surface area (Å²) in [5, 5.41) is 8.07. The van der Waals surface area contributed by atoms with Gasteiger partial charge in [-0.2, -0.15) is 0 Å². The molecule has 1 unspecified atom stereocenters. The van der Waals surface area contributed by atoms with Crippen LogP contribution in [0.1, 0.15) is 0 Å². The van der Waals surface area contributed by atoms with Crippen LogP contribution >= 0.6 is 7.82 Å². The van der Waals surface area contributed by atoms with E-state index in [9.17, 15) is 4.57 Å². The first-order chi connectivity index (χ1) is 4.12. The summed E-state index contributed by atoms with van der Waals surface area (Å²) in [4.78, 5) is 8.33. The molecule has 0 heterocycles. The summed E-state index contributed by atoms with van der Waals surface area (Å²) in [5.41, 5.74) is 0. The highest BCUT2D eigenvalue weighted by Crippen LogP contribution is 2.41. The Morgan fingerprint density at radius 2 is 2.22 bits per heavy atom. The van der Waals surface area contributed by atoms with E-state index in [-0.39, 0.29) is 13.2 Å². The third-order valence-electron chi connectivity index (χ3n) is 0.479. The minimum absolute atomic E-state index is 0.273. The van der Waals surface area contributed by atoms with Crippen LogP contribution in [0.5, 0.6) is 0 Å². The van der Waals surface area contributed by atoms with Gasteiger partial charge in [0.15, 0.2) is 0 Å². The Balaban J connectivity index is 3.46. The van der Waals surface area contributed by atoms with E-state index in [1.807, 2.05) is 0 Å². The van der Waals surface area contributed by atoms with Crippen molar-refractivity contribution in [1.82, 2.24) is 0 Å². The molecule has 1 atom stereocenters. The normalized spacial score (nSPS) is 17.1. The van der Waals surface area contributed by atoms with Gasteiger partial charge in [0.2, 0.25) is 0 Å². The van der Waals surface area contributed by atoms with Gasteiger partial charge in [0.05, 0.1) is 13.2 Å². The maximum absolute atomic E-state index is 10.2. The molecule has 0 aromatic rings. The fourth-order valence-electron chi connectivity index (χ4n) is 0.187. The van der Waals surface area contributed by atoms with Crippen molar-refractivity contribution in [3.8, 4) is 0 Å². The Kier molecular flexibility index (Phi) is 4.09. The van der Waals surface area contributed by atoms with Gasteiger partial charge < -0.3 is 14.4 Å². The predicted molar refractivity (Wildman–Crippen MR) is 29.7 cm³/mol. The van der Waals surface area contributed by atoms with Crippen molar-refractivity contribution in [2.24, 2.45) is 0 Å². The van der Waals surface area contributed by atoms with Crippen molar-refractivity contribution in [3.63, 3.8) is 0 Å². The molecule has 0 aromatic heterocycles.